The van der Waals surface area contributed by atoms with E-state index in [0.29, 0.717) is 27.4 Å². The summed E-state index contributed by atoms with van der Waals surface area (Å²) in [6, 6.07) is 6.72. The average molecular weight is 554 g/mol. The number of aliphatic imine (C=N–C) groups is 1. The summed E-state index contributed by atoms with van der Waals surface area (Å²) in [5.74, 6) is -2.72. The van der Waals surface area contributed by atoms with Gasteiger partial charge in [0, 0.05) is 47.9 Å². The Labute approximate surface area is 227 Å². The molecule has 0 spiro atoms. The molecule has 4 rings (SSSR count). The first-order valence-electron chi connectivity index (χ1n) is 11.7. The molecule has 2 aromatic carbocycles. The Morgan fingerprint density at radius 1 is 1.28 bits per heavy atom. The van der Waals surface area contributed by atoms with Gasteiger partial charge in [-0.05, 0) is 37.6 Å². The molecule has 1 atom stereocenters. The predicted molar refractivity (Wildman–Crippen MR) is 146 cm³/mol. The van der Waals surface area contributed by atoms with Crippen LogP contribution in [0.3, 0.4) is 0 Å². The molecule has 6 N–H and O–H groups in total. The quantitative estimate of drug-likeness (QED) is 0.229. The fourth-order valence-corrected chi connectivity index (χ4v) is 4.38. The highest BCUT2D eigenvalue weighted by Gasteiger charge is 2.31. The molecule has 13 heteroatoms. The molecule has 1 aromatic heterocycles. The number of nitrogens with zero attached hydrogens (tertiary/aromatic N) is 2. The van der Waals surface area contributed by atoms with Gasteiger partial charge in [-0.15, -0.1) is 0 Å². The maximum Gasteiger partial charge on any atom is 0.342 e. The molecule has 202 valence electrons. The van der Waals surface area contributed by atoms with E-state index < -0.39 is 29.3 Å². The van der Waals surface area contributed by atoms with Crippen molar-refractivity contribution in [3.63, 3.8) is 0 Å². The van der Waals surface area contributed by atoms with Gasteiger partial charge in [-0.2, -0.15) is 4.98 Å². The number of carboxylic acids is 1. The van der Waals surface area contributed by atoms with Crippen LogP contribution in [-0.2, 0) is 4.79 Å². The van der Waals surface area contributed by atoms with Gasteiger partial charge in [0.05, 0.1) is 5.57 Å². The Hall–Kier alpha value is -4.71. The van der Waals surface area contributed by atoms with Crippen LogP contribution in [0.4, 0.5) is 10.4 Å². The normalized spacial score (nSPS) is 15.5. The van der Waals surface area contributed by atoms with Crippen molar-refractivity contribution in [1.82, 2.24) is 20.9 Å². The molecule has 0 saturated carbocycles. The molecule has 0 fully saturated rings. The maximum atomic E-state index is 14.1. The Morgan fingerprint density at radius 2 is 2.05 bits per heavy atom. The summed E-state index contributed by atoms with van der Waals surface area (Å²) >= 11 is 6.56. The molecule has 0 saturated heterocycles. The van der Waals surface area contributed by atoms with Crippen molar-refractivity contribution in [3.8, 4) is 0 Å². The fraction of sp³-hybridized carbons (Fsp3) is 0.192. The van der Waals surface area contributed by atoms with Crippen molar-refractivity contribution in [3.05, 3.63) is 80.9 Å². The summed E-state index contributed by atoms with van der Waals surface area (Å²) in [4.78, 5) is 33.7. The van der Waals surface area contributed by atoms with Gasteiger partial charge < -0.3 is 30.9 Å². The molecule has 11 nitrogen and oxygen atoms in total. The smallest absolute Gasteiger partial charge is 0.342 e. The van der Waals surface area contributed by atoms with Crippen LogP contribution in [0, 0.1) is 18.2 Å². The SMILES string of the molecule is CN/C=C(\C=N)CNC(=O)C1=C(C)NC(Nc2nc3ccc(F)c(C(=O)O)c3o2)=NC1c1ccc(C)cc1Cl. The first-order chi connectivity index (χ1) is 18.6. The number of allylic oxidation sites excluding steroid dienone is 1. The fourth-order valence-electron chi connectivity index (χ4n) is 4.04. The van der Waals surface area contributed by atoms with E-state index in [4.69, 9.17) is 21.4 Å². The maximum absolute atomic E-state index is 14.1. The van der Waals surface area contributed by atoms with Gasteiger partial charge >= 0.3 is 12.0 Å². The van der Waals surface area contributed by atoms with Gasteiger partial charge in [-0.25, -0.2) is 14.2 Å². The summed E-state index contributed by atoms with van der Waals surface area (Å²) in [5.41, 5.74) is 2.06. The molecule has 1 aliphatic heterocycles. The number of carbonyl (C=O) groups is 2. The molecule has 1 unspecified atom stereocenters. The number of benzene rings is 2. The number of nitrogens with one attached hydrogen (secondary N) is 5. The Kier molecular flexibility index (Phi) is 7.96. The number of carboxylic acid groups (broad SMARTS) is 1. The molecule has 1 aliphatic rings. The van der Waals surface area contributed by atoms with E-state index in [9.17, 15) is 19.1 Å². The number of carbonyl (C=O) groups excluding carboxylic acids is 1. The number of anilines is 1. The Morgan fingerprint density at radius 3 is 2.72 bits per heavy atom. The van der Waals surface area contributed by atoms with Gasteiger partial charge in [0.1, 0.15) is 22.9 Å². The highest BCUT2D eigenvalue weighted by Crippen LogP contribution is 2.35. The first-order valence-corrected chi connectivity index (χ1v) is 12.1. The van der Waals surface area contributed by atoms with E-state index in [0.717, 1.165) is 17.8 Å². The van der Waals surface area contributed by atoms with Gasteiger partial charge in [0.2, 0.25) is 5.96 Å². The molecule has 0 aliphatic carbocycles. The molecular weight excluding hydrogens is 529 g/mol. The minimum atomic E-state index is -1.49. The first kappa shape index (κ1) is 27.3. The van der Waals surface area contributed by atoms with Crippen molar-refractivity contribution in [1.29, 1.82) is 5.41 Å². The van der Waals surface area contributed by atoms with E-state index in [-0.39, 0.29) is 29.6 Å². The summed E-state index contributed by atoms with van der Waals surface area (Å²) < 4.78 is 19.6. The zero-order valence-corrected chi connectivity index (χ0v) is 21.9. The lowest BCUT2D eigenvalue weighted by Gasteiger charge is -2.27. The van der Waals surface area contributed by atoms with Gasteiger partial charge in [-0.3, -0.25) is 10.1 Å². The van der Waals surface area contributed by atoms with Gasteiger partial charge in [-0.1, -0.05) is 23.7 Å². The van der Waals surface area contributed by atoms with Crippen molar-refractivity contribution in [2.24, 2.45) is 4.99 Å². The van der Waals surface area contributed by atoms with E-state index in [2.05, 4.69) is 31.2 Å². The monoisotopic (exact) mass is 553 g/mol. The number of fused-ring (bicyclic) bond motifs is 1. The van der Waals surface area contributed by atoms with Crippen LogP contribution in [0.1, 0.15) is 34.5 Å². The van der Waals surface area contributed by atoms with Crippen LogP contribution in [0.25, 0.3) is 11.1 Å². The number of aryl methyl sites for hydroxylation is 1. The molecule has 0 radical (unpaired) electrons. The largest absolute Gasteiger partial charge is 0.477 e. The van der Waals surface area contributed by atoms with Crippen molar-refractivity contribution in [2.75, 3.05) is 18.9 Å². The van der Waals surface area contributed by atoms with Crippen molar-refractivity contribution in [2.45, 2.75) is 19.9 Å². The minimum absolute atomic E-state index is 0.106. The third-order valence-corrected chi connectivity index (χ3v) is 6.18. The molecule has 1 amide bonds. The van der Waals surface area contributed by atoms with E-state index in [1.807, 2.05) is 13.0 Å². The van der Waals surface area contributed by atoms with E-state index in [1.165, 1.54) is 6.07 Å². The number of oxazole rings is 1. The number of amides is 1. The molecule has 0 bridgehead atoms. The zero-order chi connectivity index (χ0) is 28.3. The third-order valence-electron chi connectivity index (χ3n) is 5.85. The number of hydrogen-bond acceptors (Lipinski definition) is 9. The van der Waals surface area contributed by atoms with Crippen LogP contribution in [0.2, 0.25) is 5.02 Å². The van der Waals surface area contributed by atoms with Crippen molar-refractivity contribution >= 4 is 52.8 Å². The lowest BCUT2D eigenvalue weighted by molar-refractivity contribution is -0.117. The molecule has 39 heavy (non-hydrogen) atoms. The Bertz CT molecular complexity index is 1580. The number of hydrogen-bond donors (Lipinski definition) is 6. The highest BCUT2D eigenvalue weighted by molar-refractivity contribution is 6.31. The lowest BCUT2D eigenvalue weighted by Crippen LogP contribution is -2.39. The number of aromatic nitrogens is 1. The van der Waals surface area contributed by atoms with Crippen LogP contribution in [0.5, 0.6) is 0 Å². The second-order valence-electron chi connectivity index (χ2n) is 8.62. The minimum Gasteiger partial charge on any atom is -0.477 e. The van der Waals surface area contributed by atoms with Gasteiger partial charge in [0.25, 0.3) is 5.91 Å². The summed E-state index contributed by atoms with van der Waals surface area (Å²) in [7, 11) is 1.69. The molecule has 3 aromatic rings. The number of halogens is 2. The van der Waals surface area contributed by atoms with Crippen LogP contribution in [0.15, 0.2) is 62.8 Å². The van der Waals surface area contributed by atoms with E-state index >= 15 is 0 Å². The molecular formula is C26H25ClFN7O4. The lowest BCUT2D eigenvalue weighted by atomic mass is 9.95. The van der Waals surface area contributed by atoms with Gasteiger partial charge in [0.15, 0.2) is 5.58 Å². The van der Waals surface area contributed by atoms with Crippen LogP contribution < -0.4 is 21.3 Å². The van der Waals surface area contributed by atoms with Crippen LogP contribution >= 0.6 is 11.6 Å². The number of aromatic carboxylic acids is 1. The Balaban J connectivity index is 1.70. The summed E-state index contributed by atoms with van der Waals surface area (Å²) in [6.45, 7) is 3.68. The third kappa shape index (κ3) is 5.75. The summed E-state index contributed by atoms with van der Waals surface area (Å²) in [6.07, 6.45) is 2.73. The highest BCUT2D eigenvalue weighted by atomic mass is 35.5. The molecule has 2 heterocycles. The topological polar surface area (TPSA) is 165 Å². The standard InChI is InChI=1S/C26H25ClFN7O4/c1-12-4-5-15(16(27)8-12)21-19(23(36)31-11-14(9-29)10-30-3)13(2)32-25(34-21)35-26-33-18-7-6-17(28)20(24(37)38)22(18)39-26/h4-10,21,29-30H,11H2,1-3H3,(H,31,36)(H,37,38)(H2,32,33,34,35)/b14-10+,29-9?. The number of rotatable bonds is 8. The average Bonchev–Trinajstić information content (AvgIpc) is 3.27. The second-order valence-corrected chi connectivity index (χ2v) is 9.03. The van der Waals surface area contributed by atoms with E-state index in [1.54, 1.807) is 32.3 Å². The number of guanidine groups is 1. The van der Waals surface area contributed by atoms with Crippen LogP contribution in [-0.4, -0.2) is 47.7 Å². The second kappa shape index (κ2) is 11.4. The van der Waals surface area contributed by atoms with Crippen molar-refractivity contribution < 1.29 is 23.5 Å². The summed E-state index contributed by atoms with van der Waals surface area (Å²) in [5, 5.41) is 28.8. The zero-order valence-electron chi connectivity index (χ0n) is 21.1. The predicted octanol–water partition coefficient (Wildman–Crippen LogP) is 3.88.